The second kappa shape index (κ2) is 5.42. The summed E-state index contributed by atoms with van der Waals surface area (Å²) < 4.78 is 4.85. The number of allylic oxidation sites excluding steroid dienone is 1. The molecule has 0 aromatic heterocycles. The van der Waals surface area contributed by atoms with E-state index in [1.54, 1.807) is 6.92 Å². The van der Waals surface area contributed by atoms with Crippen LogP contribution < -0.4 is 5.32 Å². The van der Waals surface area contributed by atoms with Crippen molar-refractivity contribution in [3.63, 3.8) is 0 Å². The van der Waals surface area contributed by atoms with Gasteiger partial charge in [0.15, 0.2) is 0 Å². The molecule has 0 bridgehead atoms. The number of carbonyl (C=O) groups excluding carboxylic acids is 2. The molecule has 0 unspecified atom stereocenters. The van der Waals surface area contributed by atoms with Gasteiger partial charge in [0.1, 0.15) is 5.70 Å². The number of esters is 1. The minimum absolute atomic E-state index is 0.330. The van der Waals surface area contributed by atoms with E-state index in [0.29, 0.717) is 18.7 Å². The van der Waals surface area contributed by atoms with Crippen LogP contribution in [0.5, 0.6) is 0 Å². The van der Waals surface area contributed by atoms with Crippen LogP contribution in [0, 0.1) is 0 Å². The average molecular weight is 197 g/mol. The third-order valence-corrected chi connectivity index (χ3v) is 2.24. The van der Waals surface area contributed by atoms with Crippen molar-refractivity contribution in [3.05, 3.63) is 11.3 Å². The highest BCUT2D eigenvalue weighted by Crippen LogP contribution is 2.26. The van der Waals surface area contributed by atoms with Crippen molar-refractivity contribution in [1.82, 2.24) is 5.32 Å². The normalized spacial score (nSPS) is 15.1. The standard InChI is InChI=1S/C10H15NO3/c1-2-14-10(13)9(11-7-12)8-5-3-4-6-8/h7H,2-6H2,1H3,(H,11,12). The first-order valence-corrected chi connectivity index (χ1v) is 4.89. The molecule has 0 spiro atoms. The quantitative estimate of drug-likeness (QED) is 0.417. The van der Waals surface area contributed by atoms with E-state index in [1.807, 2.05) is 0 Å². The van der Waals surface area contributed by atoms with Crippen molar-refractivity contribution in [2.45, 2.75) is 32.6 Å². The molecule has 1 amide bonds. The maximum Gasteiger partial charge on any atom is 0.354 e. The molecular weight excluding hydrogens is 182 g/mol. The summed E-state index contributed by atoms with van der Waals surface area (Å²) in [5.41, 5.74) is 1.36. The number of ether oxygens (including phenoxy) is 1. The lowest BCUT2D eigenvalue weighted by molar-refractivity contribution is -0.139. The van der Waals surface area contributed by atoms with Gasteiger partial charge >= 0.3 is 5.97 Å². The number of rotatable bonds is 4. The lowest BCUT2D eigenvalue weighted by Gasteiger charge is -2.08. The second-order valence-electron chi connectivity index (χ2n) is 3.17. The highest BCUT2D eigenvalue weighted by molar-refractivity contribution is 5.91. The molecule has 0 aromatic carbocycles. The predicted molar refractivity (Wildman–Crippen MR) is 51.3 cm³/mol. The van der Waals surface area contributed by atoms with Gasteiger partial charge in [-0.15, -0.1) is 0 Å². The summed E-state index contributed by atoms with van der Waals surface area (Å²) in [5.74, 6) is -0.420. The summed E-state index contributed by atoms with van der Waals surface area (Å²) in [5, 5.41) is 2.43. The van der Waals surface area contributed by atoms with Crippen LogP contribution in [0.15, 0.2) is 11.3 Å². The second-order valence-corrected chi connectivity index (χ2v) is 3.17. The predicted octanol–water partition coefficient (Wildman–Crippen LogP) is 1.12. The van der Waals surface area contributed by atoms with Crippen molar-refractivity contribution in [2.75, 3.05) is 6.61 Å². The summed E-state index contributed by atoms with van der Waals surface area (Å²) in [6.45, 7) is 2.08. The Morgan fingerprint density at radius 3 is 2.64 bits per heavy atom. The summed E-state index contributed by atoms with van der Waals surface area (Å²) in [4.78, 5) is 21.7. The molecule has 0 radical (unpaired) electrons. The van der Waals surface area contributed by atoms with Gasteiger partial charge < -0.3 is 10.1 Å². The van der Waals surface area contributed by atoms with E-state index >= 15 is 0 Å². The number of hydrogen-bond acceptors (Lipinski definition) is 3. The molecule has 4 heteroatoms. The topological polar surface area (TPSA) is 55.4 Å². The van der Waals surface area contributed by atoms with Gasteiger partial charge in [0, 0.05) is 0 Å². The number of carbonyl (C=O) groups is 2. The fourth-order valence-corrected chi connectivity index (χ4v) is 1.62. The van der Waals surface area contributed by atoms with Crippen molar-refractivity contribution in [2.24, 2.45) is 0 Å². The molecular formula is C10H15NO3. The fourth-order valence-electron chi connectivity index (χ4n) is 1.62. The van der Waals surface area contributed by atoms with Gasteiger partial charge in [0.2, 0.25) is 6.41 Å². The largest absolute Gasteiger partial charge is 0.461 e. The Morgan fingerprint density at radius 1 is 1.50 bits per heavy atom. The molecule has 0 saturated heterocycles. The molecule has 78 valence electrons. The van der Waals surface area contributed by atoms with E-state index in [4.69, 9.17) is 4.74 Å². The van der Waals surface area contributed by atoms with Crippen molar-refractivity contribution in [3.8, 4) is 0 Å². The smallest absolute Gasteiger partial charge is 0.354 e. The molecule has 1 aliphatic rings. The molecule has 1 aliphatic carbocycles. The van der Waals surface area contributed by atoms with Gasteiger partial charge in [-0.2, -0.15) is 0 Å². The van der Waals surface area contributed by atoms with E-state index in [-0.39, 0.29) is 0 Å². The Bertz CT molecular complexity index is 250. The van der Waals surface area contributed by atoms with Gasteiger partial charge in [-0.25, -0.2) is 4.79 Å². The van der Waals surface area contributed by atoms with Gasteiger partial charge in [-0.1, -0.05) is 0 Å². The molecule has 1 rings (SSSR count). The number of hydrogen-bond donors (Lipinski definition) is 1. The van der Waals surface area contributed by atoms with Crippen LogP contribution in [-0.2, 0) is 14.3 Å². The van der Waals surface area contributed by atoms with Gasteiger partial charge in [0.25, 0.3) is 0 Å². The zero-order chi connectivity index (χ0) is 10.4. The monoisotopic (exact) mass is 197 g/mol. The van der Waals surface area contributed by atoms with Crippen LogP contribution in [0.25, 0.3) is 0 Å². The summed E-state index contributed by atoms with van der Waals surface area (Å²) in [6.07, 6.45) is 4.46. The lowest BCUT2D eigenvalue weighted by Crippen LogP contribution is -2.22. The Labute approximate surface area is 83.3 Å². The van der Waals surface area contributed by atoms with E-state index < -0.39 is 5.97 Å². The van der Waals surface area contributed by atoms with Crippen LogP contribution >= 0.6 is 0 Å². The summed E-state index contributed by atoms with van der Waals surface area (Å²) >= 11 is 0. The zero-order valence-corrected chi connectivity index (χ0v) is 8.34. The number of nitrogens with one attached hydrogen (secondary N) is 1. The first-order valence-electron chi connectivity index (χ1n) is 4.89. The molecule has 0 atom stereocenters. The molecule has 0 heterocycles. The van der Waals surface area contributed by atoms with Crippen LogP contribution in [-0.4, -0.2) is 19.0 Å². The van der Waals surface area contributed by atoms with E-state index in [0.717, 1.165) is 31.3 Å². The molecule has 1 saturated carbocycles. The molecule has 0 aromatic rings. The minimum atomic E-state index is -0.420. The Hall–Kier alpha value is -1.32. The van der Waals surface area contributed by atoms with Crippen LogP contribution in [0.3, 0.4) is 0 Å². The SMILES string of the molecule is CCOC(=O)C(NC=O)=C1CCCC1. The Morgan fingerprint density at radius 2 is 2.14 bits per heavy atom. The zero-order valence-electron chi connectivity index (χ0n) is 8.34. The maximum atomic E-state index is 11.4. The molecule has 14 heavy (non-hydrogen) atoms. The van der Waals surface area contributed by atoms with Gasteiger partial charge in [0.05, 0.1) is 6.61 Å². The first kappa shape index (κ1) is 10.8. The molecule has 4 nitrogen and oxygen atoms in total. The Balaban J connectivity index is 2.76. The molecule has 1 N–H and O–H groups in total. The van der Waals surface area contributed by atoms with Gasteiger partial charge in [-0.3, -0.25) is 4.79 Å². The highest BCUT2D eigenvalue weighted by Gasteiger charge is 2.18. The molecule has 1 fully saturated rings. The lowest BCUT2D eigenvalue weighted by atomic mass is 10.1. The third kappa shape index (κ3) is 2.58. The minimum Gasteiger partial charge on any atom is -0.461 e. The van der Waals surface area contributed by atoms with E-state index in [2.05, 4.69) is 5.32 Å². The average Bonchev–Trinajstić information content (AvgIpc) is 2.67. The fraction of sp³-hybridized carbons (Fsp3) is 0.600. The summed E-state index contributed by atoms with van der Waals surface area (Å²) in [7, 11) is 0. The maximum absolute atomic E-state index is 11.4. The number of amides is 1. The summed E-state index contributed by atoms with van der Waals surface area (Å²) in [6, 6.07) is 0. The first-order chi connectivity index (χ1) is 6.79. The van der Waals surface area contributed by atoms with Crippen molar-refractivity contribution < 1.29 is 14.3 Å². The van der Waals surface area contributed by atoms with Crippen LogP contribution in [0.1, 0.15) is 32.6 Å². The third-order valence-electron chi connectivity index (χ3n) is 2.24. The van der Waals surface area contributed by atoms with E-state index in [1.165, 1.54) is 0 Å². The van der Waals surface area contributed by atoms with Gasteiger partial charge in [-0.05, 0) is 38.2 Å². The Kier molecular flexibility index (Phi) is 4.16. The molecule has 0 aliphatic heterocycles. The highest BCUT2D eigenvalue weighted by atomic mass is 16.5. The van der Waals surface area contributed by atoms with Crippen molar-refractivity contribution in [1.29, 1.82) is 0 Å². The van der Waals surface area contributed by atoms with Crippen LogP contribution in [0.2, 0.25) is 0 Å². The van der Waals surface area contributed by atoms with Crippen molar-refractivity contribution >= 4 is 12.4 Å². The van der Waals surface area contributed by atoms with E-state index in [9.17, 15) is 9.59 Å². The van der Waals surface area contributed by atoms with Crippen LogP contribution in [0.4, 0.5) is 0 Å².